The van der Waals surface area contributed by atoms with E-state index in [0.717, 1.165) is 5.56 Å². The summed E-state index contributed by atoms with van der Waals surface area (Å²) in [7, 11) is 0. The molecule has 96 valence electrons. The van der Waals surface area contributed by atoms with Crippen molar-refractivity contribution in [2.24, 2.45) is 0 Å². The fourth-order valence-corrected chi connectivity index (χ4v) is 1.85. The predicted octanol–water partition coefficient (Wildman–Crippen LogP) is 1.89. The van der Waals surface area contributed by atoms with E-state index in [1.165, 1.54) is 4.57 Å². The second kappa shape index (κ2) is 4.25. The molecular weight excluding hydrogens is 230 g/mol. The Balaban J connectivity index is 2.64. The first-order valence-electron chi connectivity index (χ1n) is 5.82. The van der Waals surface area contributed by atoms with Gasteiger partial charge in [0.2, 0.25) is 5.88 Å². The summed E-state index contributed by atoms with van der Waals surface area (Å²) < 4.78 is 1.23. The molecule has 0 bridgehead atoms. The minimum Gasteiger partial charge on any atom is -0.493 e. The maximum atomic E-state index is 11.9. The number of aryl methyl sites for hydroxylation is 1. The van der Waals surface area contributed by atoms with Crippen LogP contribution in [-0.2, 0) is 0 Å². The molecule has 0 saturated carbocycles. The van der Waals surface area contributed by atoms with Crippen LogP contribution >= 0.6 is 0 Å². The van der Waals surface area contributed by atoms with Gasteiger partial charge in [-0.3, -0.25) is 0 Å². The fourth-order valence-electron chi connectivity index (χ4n) is 1.85. The number of imidazole rings is 1. The number of nitrogens with one attached hydrogen (secondary N) is 1. The molecule has 0 saturated heterocycles. The molecule has 0 atom stereocenters. The zero-order valence-electron chi connectivity index (χ0n) is 10.7. The van der Waals surface area contributed by atoms with E-state index in [9.17, 15) is 9.90 Å². The molecule has 0 amide bonds. The van der Waals surface area contributed by atoms with Crippen LogP contribution in [0.4, 0.5) is 5.69 Å². The van der Waals surface area contributed by atoms with Crippen LogP contribution in [0.5, 0.6) is 5.88 Å². The molecule has 5 nitrogen and oxygen atoms in total. The summed E-state index contributed by atoms with van der Waals surface area (Å²) in [5.74, 6) is -0.0139. The van der Waals surface area contributed by atoms with Gasteiger partial charge in [-0.1, -0.05) is 19.9 Å². The first-order chi connectivity index (χ1) is 8.41. The maximum absolute atomic E-state index is 11.9. The summed E-state index contributed by atoms with van der Waals surface area (Å²) in [4.78, 5) is 14.5. The minimum absolute atomic E-state index is 0.0433. The first-order valence-corrected chi connectivity index (χ1v) is 5.82. The van der Waals surface area contributed by atoms with E-state index in [-0.39, 0.29) is 17.5 Å². The lowest BCUT2D eigenvalue weighted by Gasteiger charge is -2.07. The number of anilines is 1. The largest absolute Gasteiger partial charge is 0.493 e. The van der Waals surface area contributed by atoms with Crippen LogP contribution in [-0.4, -0.2) is 14.7 Å². The summed E-state index contributed by atoms with van der Waals surface area (Å²) >= 11 is 0. The molecule has 1 aromatic heterocycles. The topological polar surface area (TPSA) is 84.0 Å². The van der Waals surface area contributed by atoms with E-state index >= 15 is 0 Å². The number of rotatable bonds is 2. The number of hydrogen-bond donors (Lipinski definition) is 3. The van der Waals surface area contributed by atoms with Crippen molar-refractivity contribution in [3.05, 3.63) is 39.9 Å². The molecule has 0 aliphatic heterocycles. The third-order valence-corrected chi connectivity index (χ3v) is 3.00. The number of nitrogens with two attached hydrogens (primary N) is 1. The summed E-state index contributed by atoms with van der Waals surface area (Å²) in [6.45, 7) is 5.69. The van der Waals surface area contributed by atoms with Crippen LogP contribution in [0.3, 0.4) is 0 Å². The van der Waals surface area contributed by atoms with Gasteiger partial charge in [0, 0.05) is 5.69 Å². The Morgan fingerprint density at radius 1 is 1.39 bits per heavy atom. The average Bonchev–Trinajstić information content (AvgIpc) is 2.59. The molecule has 0 radical (unpaired) electrons. The average molecular weight is 247 g/mol. The second-order valence-corrected chi connectivity index (χ2v) is 4.70. The van der Waals surface area contributed by atoms with Gasteiger partial charge in [-0.05, 0) is 30.5 Å². The van der Waals surface area contributed by atoms with Crippen molar-refractivity contribution >= 4 is 5.69 Å². The van der Waals surface area contributed by atoms with Crippen LogP contribution in [0.15, 0.2) is 23.0 Å². The highest BCUT2D eigenvalue weighted by Gasteiger charge is 2.17. The van der Waals surface area contributed by atoms with E-state index in [0.29, 0.717) is 17.1 Å². The SMILES string of the molecule is Cc1ccc(-n2c(O)c(C(C)C)[nH]c2=O)cc1N. The molecule has 2 rings (SSSR count). The number of hydrogen-bond acceptors (Lipinski definition) is 3. The van der Waals surface area contributed by atoms with Gasteiger partial charge in [-0.15, -0.1) is 0 Å². The molecular formula is C13H17N3O2. The van der Waals surface area contributed by atoms with Gasteiger partial charge < -0.3 is 15.8 Å². The van der Waals surface area contributed by atoms with E-state index in [2.05, 4.69) is 4.98 Å². The maximum Gasteiger partial charge on any atom is 0.333 e. The number of benzene rings is 1. The third kappa shape index (κ3) is 1.88. The number of H-pyrrole nitrogens is 1. The molecule has 1 heterocycles. The standard InChI is InChI=1S/C13H17N3O2/c1-7(2)11-12(17)16(13(18)15-11)9-5-4-8(3)10(14)6-9/h4-7,17H,14H2,1-3H3,(H,15,18). The predicted molar refractivity (Wildman–Crippen MR) is 71.3 cm³/mol. The van der Waals surface area contributed by atoms with Gasteiger partial charge in [0.1, 0.15) is 0 Å². The summed E-state index contributed by atoms with van der Waals surface area (Å²) in [6.07, 6.45) is 0. The van der Waals surface area contributed by atoms with E-state index in [1.807, 2.05) is 26.8 Å². The molecule has 2 aromatic rings. The summed E-state index contributed by atoms with van der Waals surface area (Å²) in [5, 5.41) is 10.1. The Bertz CT molecular complexity index is 638. The van der Waals surface area contributed by atoms with Crippen molar-refractivity contribution < 1.29 is 5.11 Å². The molecule has 0 unspecified atom stereocenters. The summed E-state index contributed by atoms with van der Waals surface area (Å²) in [6, 6.07) is 5.25. The molecule has 0 aliphatic rings. The Labute approximate surface area is 105 Å². The molecule has 0 aliphatic carbocycles. The molecule has 0 spiro atoms. The number of aromatic amines is 1. The van der Waals surface area contributed by atoms with Crippen molar-refractivity contribution in [3.8, 4) is 11.6 Å². The Morgan fingerprint density at radius 3 is 2.56 bits per heavy atom. The van der Waals surface area contributed by atoms with Crippen molar-refractivity contribution in [2.75, 3.05) is 5.73 Å². The van der Waals surface area contributed by atoms with Crippen LogP contribution in [0.1, 0.15) is 31.0 Å². The van der Waals surface area contributed by atoms with Gasteiger partial charge in [0.25, 0.3) is 0 Å². The van der Waals surface area contributed by atoms with Gasteiger partial charge in [-0.25, -0.2) is 9.36 Å². The first kappa shape index (κ1) is 12.3. The smallest absolute Gasteiger partial charge is 0.333 e. The van der Waals surface area contributed by atoms with Crippen LogP contribution in [0.2, 0.25) is 0 Å². The monoisotopic (exact) mass is 247 g/mol. The van der Waals surface area contributed by atoms with Crippen LogP contribution in [0.25, 0.3) is 5.69 Å². The fraction of sp³-hybridized carbons (Fsp3) is 0.308. The number of aromatic hydroxyl groups is 1. The molecule has 18 heavy (non-hydrogen) atoms. The number of nitrogen functional groups attached to an aromatic ring is 1. The Hall–Kier alpha value is -2.17. The van der Waals surface area contributed by atoms with Crippen molar-refractivity contribution in [1.29, 1.82) is 0 Å². The van der Waals surface area contributed by atoms with E-state index in [4.69, 9.17) is 5.73 Å². The number of nitrogens with zero attached hydrogens (tertiary/aromatic N) is 1. The zero-order chi connectivity index (χ0) is 13.4. The molecule has 5 heteroatoms. The normalized spacial score (nSPS) is 11.1. The van der Waals surface area contributed by atoms with E-state index in [1.54, 1.807) is 12.1 Å². The number of aromatic nitrogens is 2. The van der Waals surface area contributed by atoms with Gasteiger partial charge in [0.15, 0.2) is 0 Å². The molecule has 1 aromatic carbocycles. The van der Waals surface area contributed by atoms with Crippen molar-refractivity contribution in [1.82, 2.24) is 9.55 Å². The van der Waals surface area contributed by atoms with Gasteiger partial charge in [0.05, 0.1) is 11.4 Å². The third-order valence-electron chi connectivity index (χ3n) is 3.00. The lowest BCUT2D eigenvalue weighted by atomic mass is 10.1. The van der Waals surface area contributed by atoms with Crippen molar-refractivity contribution in [3.63, 3.8) is 0 Å². The van der Waals surface area contributed by atoms with Crippen molar-refractivity contribution in [2.45, 2.75) is 26.7 Å². The molecule has 0 fully saturated rings. The molecule has 4 N–H and O–H groups in total. The highest BCUT2D eigenvalue weighted by atomic mass is 16.3. The zero-order valence-corrected chi connectivity index (χ0v) is 10.7. The summed E-state index contributed by atoms with van der Waals surface area (Å²) in [5.41, 5.74) is 8.07. The quantitative estimate of drug-likeness (QED) is 0.708. The lowest BCUT2D eigenvalue weighted by Crippen LogP contribution is -2.14. The van der Waals surface area contributed by atoms with Gasteiger partial charge in [-0.2, -0.15) is 0 Å². The second-order valence-electron chi connectivity index (χ2n) is 4.70. The lowest BCUT2D eigenvalue weighted by molar-refractivity contribution is 0.431. The Kier molecular flexibility index (Phi) is 2.90. The van der Waals surface area contributed by atoms with Crippen LogP contribution < -0.4 is 11.4 Å². The minimum atomic E-state index is -0.362. The van der Waals surface area contributed by atoms with Crippen LogP contribution in [0, 0.1) is 6.92 Å². The highest BCUT2D eigenvalue weighted by Crippen LogP contribution is 2.25. The van der Waals surface area contributed by atoms with Gasteiger partial charge >= 0.3 is 5.69 Å². The van der Waals surface area contributed by atoms with E-state index < -0.39 is 0 Å². The highest BCUT2D eigenvalue weighted by molar-refractivity contribution is 5.54. The Morgan fingerprint density at radius 2 is 2.06 bits per heavy atom.